The van der Waals surface area contributed by atoms with Gasteiger partial charge in [0.1, 0.15) is 18.0 Å². The van der Waals surface area contributed by atoms with Crippen molar-refractivity contribution in [1.29, 1.82) is 0 Å². The van der Waals surface area contributed by atoms with Gasteiger partial charge in [0, 0.05) is 21.0 Å². The summed E-state index contributed by atoms with van der Waals surface area (Å²) in [4.78, 5) is 3.99. The van der Waals surface area contributed by atoms with Gasteiger partial charge in [-0.15, -0.1) is 0 Å². The zero-order chi connectivity index (χ0) is 16.4. The first-order valence-corrected chi connectivity index (χ1v) is 8.44. The fourth-order valence-electron chi connectivity index (χ4n) is 2.44. The van der Waals surface area contributed by atoms with Gasteiger partial charge in [-0.05, 0) is 35.4 Å². The predicted octanol–water partition coefficient (Wildman–Crippen LogP) is 5.50. The summed E-state index contributed by atoms with van der Waals surface area (Å²) in [5.74, 6) is -0.137. The minimum absolute atomic E-state index is 0.137. The van der Waals surface area contributed by atoms with Crippen molar-refractivity contribution in [3.8, 4) is 0 Å². The number of rotatable bonds is 4. The van der Waals surface area contributed by atoms with Gasteiger partial charge in [-0.1, -0.05) is 53.0 Å². The third-order valence-corrected chi connectivity index (χ3v) is 4.88. The van der Waals surface area contributed by atoms with Crippen LogP contribution in [0.5, 0.6) is 0 Å². The number of hydrogen-bond acceptors (Lipinski definition) is 3. The van der Waals surface area contributed by atoms with Crippen LogP contribution in [0.15, 0.2) is 55.1 Å². The Kier molecular flexibility index (Phi) is 5.17. The van der Waals surface area contributed by atoms with Crippen molar-refractivity contribution in [1.82, 2.24) is 14.8 Å². The lowest BCUT2D eigenvalue weighted by molar-refractivity contribution is 0.549. The van der Waals surface area contributed by atoms with Gasteiger partial charge in [0.15, 0.2) is 0 Å². The summed E-state index contributed by atoms with van der Waals surface area (Å²) in [5.41, 5.74) is 1.93. The van der Waals surface area contributed by atoms with Crippen LogP contribution in [0.25, 0.3) is 0 Å². The van der Waals surface area contributed by atoms with Crippen LogP contribution >= 0.6 is 47.4 Å². The van der Waals surface area contributed by atoms with Gasteiger partial charge in [0.05, 0.1) is 0 Å². The van der Waals surface area contributed by atoms with Crippen molar-refractivity contribution in [3.05, 3.63) is 81.3 Å². The lowest BCUT2D eigenvalue weighted by atomic mass is 9.91. The Morgan fingerprint density at radius 2 is 1.65 bits per heavy atom. The summed E-state index contributed by atoms with van der Waals surface area (Å²) in [6.07, 6.45) is 3.11. The smallest absolute Gasteiger partial charge is 0.137 e. The maximum absolute atomic E-state index is 6.42. The number of hydrogen-bond donors (Lipinski definition) is 1. The molecule has 3 nitrogen and oxygen atoms in total. The molecule has 1 aromatic heterocycles. The molecule has 0 saturated heterocycles. The van der Waals surface area contributed by atoms with E-state index < -0.39 is 0 Å². The van der Waals surface area contributed by atoms with E-state index in [2.05, 4.69) is 10.1 Å². The number of thiol groups is 1. The van der Waals surface area contributed by atoms with E-state index >= 15 is 0 Å². The first kappa shape index (κ1) is 16.7. The zero-order valence-corrected chi connectivity index (χ0v) is 14.9. The summed E-state index contributed by atoms with van der Waals surface area (Å²) >= 11 is 23.2. The van der Waals surface area contributed by atoms with Crippen molar-refractivity contribution in [3.63, 3.8) is 0 Å². The van der Waals surface area contributed by atoms with Crippen LogP contribution in [0.3, 0.4) is 0 Å². The fraction of sp³-hybridized carbons (Fsp3) is 0.125. The third-order valence-electron chi connectivity index (χ3n) is 3.53. The third kappa shape index (κ3) is 3.66. The van der Waals surface area contributed by atoms with E-state index in [0.717, 1.165) is 11.1 Å². The van der Waals surface area contributed by atoms with Gasteiger partial charge in [-0.25, -0.2) is 9.67 Å². The van der Waals surface area contributed by atoms with E-state index in [-0.39, 0.29) is 11.3 Å². The van der Waals surface area contributed by atoms with Gasteiger partial charge < -0.3 is 0 Å². The molecule has 0 aliphatic carbocycles. The molecule has 23 heavy (non-hydrogen) atoms. The van der Waals surface area contributed by atoms with E-state index in [1.165, 1.54) is 6.33 Å². The summed E-state index contributed by atoms with van der Waals surface area (Å²) in [5, 5.41) is 5.75. The lowest BCUT2D eigenvalue weighted by Gasteiger charge is -2.25. The average molecular weight is 385 g/mol. The monoisotopic (exact) mass is 383 g/mol. The minimum Gasteiger partial charge on any atom is -0.239 e. The van der Waals surface area contributed by atoms with Crippen molar-refractivity contribution in [2.45, 2.75) is 11.3 Å². The summed E-state index contributed by atoms with van der Waals surface area (Å²) in [6, 6.07) is 13.0. The number of aromatic nitrogens is 3. The summed E-state index contributed by atoms with van der Waals surface area (Å²) in [7, 11) is 0. The average Bonchev–Trinajstić information content (AvgIpc) is 3.05. The highest BCUT2D eigenvalue weighted by atomic mass is 35.5. The molecule has 0 saturated carbocycles. The molecule has 0 radical (unpaired) electrons. The molecule has 7 heteroatoms. The number of benzene rings is 2. The quantitative estimate of drug-likeness (QED) is 0.602. The maximum atomic E-state index is 6.42. The standard InChI is InChI=1S/C16H12Cl3N3S/c17-11-3-1-10(2-4-11)15(16(23)22-9-20-8-21-22)13-6-5-12(18)7-14(13)19/h1-9,15-16,23H. The van der Waals surface area contributed by atoms with Crippen LogP contribution in [0, 0.1) is 0 Å². The van der Waals surface area contributed by atoms with E-state index in [0.29, 0.717) is 15.1 Å². The van der Waals surface area contributed by atoms with E-state index in [1.807, 2.05) is 36.4 Å². The molecule has 0 aliphatic heterocycles. The Labute approximate surface area is 154 Å². The highest BCUT2D eigenvalue weighted by Gasteiger charge is 2.26. The molecule has 1 heterocycles. The molecule has 2 unspecified atom stereocenters. The number of nitrogens with zero attached hydrogens (tertiary/aromatic N) is 3. The normalized spacial score (nSPS) is 13.7. The molecule has 2 atom stereocenters. The predicted molar refractivity (Wildman–Crippen MR) is 97.8 cm³/mol. The maximum Gasteiger partial charge on any atom is 0.137 e. The van der Waals surface area contributed by atoms with Gasteiger partial charge in [-0.3, -0.25) is 0 Å². The van der Waals surface area contributed by atoms with Gasteiger partial charge >= 0.3 is 0 Å². The SMILES string of the molecule is SC(C(c1ccc(Cl)cc1)c1ccc(Cl)cc1Cl)n1cncn1. The van der Waals surface area contributed by atoms with Crippen LogP contribution in [-0.2, 0) is 0 Å². The molecule has 3 aromatic rings. The molecule has 0 aliphatic rings. The molecule has 2 aromatic carbocycles. The van der Waals surface area contributed by atoms with Crippen molar-refractivity contribution >= 4 is 47.4 Å². The Hall–Kier alpha value is -1.20. The van der Waals surface area contributed by atoms with E-state index in [4.69, 9.17) is 47.4 Å². The fourth-order valence-corrected chi connectivity index (χ4v) is 3.55. The Bertz CT molecular complexity index is 791. The second-order valence-electron chi connectivity index (χ2n) is 4.98. The zero-order valence-electron chi connectivity index (χ0n) is 11.8. The van der Waals surface area contributed by atoms with Crippen LogP contribution < -0.4 is 0 Å². The van der Waals surface area contributed by atoms with Gasteiger partial charge in [0.25, 0.3) is 0 Å². The van der Waals surface area contributed by atoms with Crippen LogP contribution in [0.2, 0.25) is 15.1 Å². The Morgan fingerprint density at radius 3 is 2.26 bits per heavy atom. The van der Waals surface area contributed by atoms with Crippen molar-refractivity contribution < 1.29 is 0 Å². The lowest BCUT2D eigenvalue weighted by Crippen LogP contribution is -2.15. The highest BCUT2D eigenvalue weighted by molar-refractivity contribution is 7.80. The Balaban J connectivity index is 2.11. The van der Waals surface area contributed by atoms with Crippen LogP contribution in [0.4, 0.5) is 0 Å². The Morgan fingerprint density at radius 1 is 0.957 bits per heavy atom. The van der Waals surface area contributed by atoms with E-state index in [1.54, 1.807) is 17.1 Å². The molecule has 3 rings (SSSR count). The molecule has 0 bridgehead atoms. The summed E-state index contributed by atoms with van der Waals surface area (Å²) in [6.45, 7) is 0. The molecular formula is C16H12Cl3N3S. The highest BCUT2D eigenvalue weighted by Crippen LogP contribution is 2.41. The molecule has 0 N–H and O–H groups in total. The molecule has 0 fully saturated rings. The topological polar surface area (TPSA) is 30.7 Å². The minimum atomic E-state index is -0.280. The summed E-state index contributed by atoms with van der Waals surface area (Å²) < 4.78 is 1.69. The first-order chi connectivity index (χ1) is 11.1. The second-order valence-corrected chi connectivity index (χ2v) is 6.79. The molecule has 118 valence electrons. The molecule has 0 amide bonds. The van der Waals surface area contributed by atoms with E-state index in [9.17, 15) is 0 Å². The molecular weight excluding hydrogens is 373 g/mol. The second kappa shape index (κ2) is 7.14. The van der Waals surface area contributed by atoms with Gasteiger partial charge in [0.2, 0.25) is 0 Å². The number of halogens is 3. The van der Waals surface area contributed by atoms with Crippen molar-refractivity contribution in [2.24, 2.45) is 0 Å². The largest absolute Gasteiger partial charge is 0.239 e. The first-order valence-electron chi connectivity index (χ1n) is 6.79. The molecule has 0 spiro atoms. The van der Waals surface area contributed by atoms with Gasteiger partial charge in [-0.2, -0.15) is 17.7 Å². The van der Waals surface area contributed by atoms with Crippen LogP contribution in [-0.4, -0.2) is 14.8 Å². The van der Waals surface area contributed by atoms with Crippen LogP contribution in [0.1, 0.15) is 22.4 Å². The van der Waals surface area contributed by atoms with Crippen molar-refractivity contribution in [2.75, 3.05) is 0 Å².